The van der Waals surface area contributed by atoms with Gasteiger partial charge in [0.2, 0.25) is 0 Å². The van der Waals surface area contributed by atoms with E-state index in [0.29, 0.717) is 29.6 Å². The standard InChI is InChI=1S/C20H34O3/c1-6-8-9-14-10-17(20(3,4)7-2)19-15(11-18(21)22-5)12-23-13-16(14)19/h12,14,16-17,19H,6-11,13H2,1-5H3. The number of unbranched alkanes of at least 4 members (excludes halogenated alkanes) is 1. The number of hydrogen-bond donors (Lipinski definition) is 0. The van der Waals surface area contributed by atoms with Crippen LogP contribution in [0, 0.1) is 29.1 Å². The van der Waals surface area contributed by atoms with Crippen LogP contribution in [0.3, 0.4) is 0 Å². The molecule has 0 aromatic carbocycles. The maximum Gasteiger partial charge on any atom is 0.309 e. The summed E-state index contributed by atoms with van der Waals surface area (Å²) in [6.07, 6.45) is 8.53. The van der Waals surface area contributed by atoms with E-state index < -0.39 is 0 Å². The van der Waals surface area contributed by atoms with Crippen molar-refractivity contribution >= 4 is 5.97 Å². The SMILES string of the molecule is CCCCC1CC(C(C)(C)CC)C2C(CC(=O)OC)=COCC12. The van der Waals surface area contributed by atoms with Crippen LogP contribution in [0.2, 0.25) is 0 Å². The number of fused-ring (bicyclic) bond motifs is 1. The minimum Gasteiger partial charge on any atom is -0.501 e. The second kappa shape index (κ2) is 7.72. The Bertz CT molecular complexity index is 438. The highest BCUT2D eigenvalue weighted by molar-refractivity contribution is 5.72. The number of ether oxygens (including phenoxy) is 2. The lowest BCUT2D eigenvalue weighted by Gasteiger charge is -2.39. The molecule has 0 aromatic rings. The molecular formula is C20H34O3. The van der Waals surface area contributed by atoms with E-state index in [1.165, 1.54) is 44.8 Å². The molecular weight excluding hydrogens is 288 g/mol. The molecule has 3 heteroatoms. The van der Waals surface area contributed by atoms with E-state index in [4.69, 9.17) is 9.47 Å². The van der Waals surface area contributed by atoms with Crippen molar-refractivity contribution in [2.75, 3.05) is 13.7 Å². The first-order valence-electron chi connectivity index (χ1n) is 9.31. The van der Waals surface area contributed by atoms with E-state index >= 15 is 0 Å². The zero-order valence-electron chi connectivity index (χ0n) is 15.6. The third-order valence-corrected chi connectivity index (χ3v) is 6.43. The van der Waals surface area contributed by atoms with Crippen molar-refractivity contribution in [3.63, 3.8) is 0 Å². The Morgan fingerprint density at radius 3 is 2.74 bits per heavy atom. The summed E-state index contributed by atoms with van der Waals surface area (Å²) in [5, 5.41) is 0. The normalized spacial score (nSPS) is 30.4. The van der Waals surface area contributed by atoms with Gasteiger partial charge in [0.05, 0.1) is 26.4 Å². The first-order valence-corrected chi connectivity index (χ1v) is 9.31. The molecule has 1 saturated carbocycles. The Morgan fingerprint density at radius 1 is 1.39 bits per heavy atom. The molecule has 1 fully saturated rings. The third kappa shape index (κ3) is 3.92. The summed E-state index contributed by atoms with van der Waals surface area (Å²) in [6.45, 7) is 10.2. The van der Waals surface area contributed by atoms with Crippen molar-refractivity contribution < 1.29 is 14.3 Å². The van der Waals surface area contributed by atoms with E-state index in [9.17, 15) is 4.79 Å². The fourth-order valence-corrected chi connectivity index (χ4v) is 4.62. The molecule has 2 rings (SSSR count). The van der Waals surface area contributed by atoms with Crippen LogP contribution in [0.15, 0.2) is 11.8 Å². The lowest BCUT2D eigenvalue weighted by Crippen LogP contribution is -2.34. The zero-order valence-corrected chi connectivity index (χ0v) is 15.6. The van der Waals surface area contributed by atoms with Crippen LogP contribution < -0.4 is 0 Å². The van der Waals surface area contributed by atoms with Crippen LogP contribution in [-0.2, 0) is 14.3 Å². The van der Waals surface area contributed by atoms with Crippen molar-refractivity contribution in [3.05, 3.63) is 11.8 Å². The molecule has 0 radical (unpaired) electrons. The molecule has 0 spiro atoms. The zero-order chi connectivity index (χ0) is 17.0. The van der Waals surface area contributed by atoms with Gasteiger partial charge in [0.25, 0.3) is 0 Å². The third-order valence-electron chi connectivity index (χ3n) is 6.43. The first-order chi connectivity index (χ1) is 10.9. The van der Waals surface area contributed by atoms with Crippen LogP contribution in [0.5, 0.6) is 0 Å². The van der Waals surface area contributed by atoms with Crippen molar-refractivity contribution in [1.82, 2.24) is 0 Å². The Morgan fingerprint density at radius 2 is 2.13 bits per heavy atom. The quantitative estimate of drug-likeness (QED) is 0.622. The summed E-state index contributed by atoms with van der Waals surface area (Å²) >= 11 is 0. The molecule has 0 bridgehead atoms. The Balaban J connectivity index is 2.25. The molecule has 4 unspecified atom stereocenters. The number of esters is 1. The number of rotatable bonds is 7. The molecule has 4 atom stereocenters. The molecule has 2 aliphatic rings. The average Bonchev–Trinajstić information content (AvgIpc) is 2.93. The molecule has 0 saturated heterocycles. The molecule has 0 amide bonds. The monoisotopic (exact) mass is 322 g/mol. The van der Waals surface area contributed by atoms with Gasteiger partial charge in [0, 0.05) is 5.92 Å². The van der Waals surface area contributed by atoms with Gasteiger partial charge in [-0.1, -0.05) is 53.4 Å². The van der Waals surface area contributed by atoms with Gasteiger partial charge in [0.1, 0.15) is 0 Å². The first kappa shape index (κ1) is 18.4. The van der Waals surface area contributed by atoms with Crippen LogP contribution in [0.25, 0.3) is 0 Å². The molecule has 132 valence electrons. The molecule has 1 aliphatic carbocycles. The molecule has 23 heavy (non-hydrogen) atoms. The fraction of sp³-hybridized carbons (Fsp3) is 0.850. The summed E-state index contributed by atoms with van der Waals surface area (Å²) in [5.41, 5.74) is 1.47. The second-order valence-corrected chi connectivity index (χ2v) is 8.06. The minimum absolute atomic E-state index is 0.148. The maximum atomic E-state index is 11.8. The highest BCUT2D eigenvalue weighted by atomic mass is 16.5. The number of carbonyl (C=O) groups is 1. The summed E-state index contributed by atoms with van der Waals surface area (Å²) < 4.78 is 10.7. The van der Waals surface area contributed by atoms with Gasteiger partial charge in [-0.2, -0.15) is 0 Å². The summed E-state index contributed by atoms with van der Waals surface area (Å²) in [5.74, 6) is 2.28. The predicted octanol–water partition coefficient (Wildman–Crippen LogP) is 4.96. The van der Waals surface area contributed by atoms with Crippen LogP contribution in [0.1, 0.15) is 66.2 Å². The van der Waals surface area contributed by atoms with E-state index in [-0.39, 0.29) is 5.97 Å². The van der Waals surface area contributed by atoms with Crippen molar-refractivity contribution in [2.45, 2.75) is 66.2 Å². The van der Waals surface area contributed by atoms with E-state index in [2.05, 4.69) is 27.7 Å². The molecule has 0 aromatic heterocycles. The Hall–Kier alpha value is -0.990. The predicted molar refractivity (Wildman–Crippen MR) is 92.8 cm³/mol. The van der Waals surface area contributed by atoms with Gasteiger partial charge < -0.3 is 9.47 Å². The highest BCUT2D eigenvalue weighted by Crippen LogP contribution is 2.56. The summed E-state index contributed by atoms with van der Waals surface area (Å²) in [7, 11) is 1.47. The van der Waals surface area contributed by atoms with Gasteiger partial charge in [-0.25, -0.2) is 0 Å². The van der Waals surface area contributed by atoms with Gasteiger partial charge >= 0.3 is 5.97 Å². The molecule has 1 aliphatic heterocycles. The number of hydrogen-bond acceptors (Lipinski definition) is 3. The highest BCUT2D eigenvalue weighted by Gasteiger charge is 2.50. The van der Waals surface area contributed by atoms with Gasteiger partial charge in [-0.15, -0.1) is 0 Å². The van der Waals surface area contributed by atoms with Gasteiger partial charge in [0.15, 0.2) is 0 Å². The minimum atomic E-state index is -0.148. The smallest absolute Gasteiger partial charge is 0.309 e. The average molecular weight is 322 g/mol. The van der Waals surface area contributed by atoms with E-state index in [1.807, 2.05) is 6.26 Å². The summed E-state index contributed by atoms with van der Waals surface area (Å²) in [6, 6.07) is 0. The van der Waals surface area contributed by atoms with Crippen molar-refractivity contribution in [1.29, 1.82) is 0 Å². The van der Waals surface area contributed by atoms with Crippen molar-refractivity contribution in [3.8, 4) is 0 Å². The Kier molecular flexibility index (Phi) is 6.16. The lowest BCUT2D eigenvalue weighted by atomic mass is 9.67. The van der Waals surface area contributed by atoms with Crippen LogP contribution in [-0.4, -0.2) is 19.7 Å². The second-order valence-electron chi connectivity index (χ2n) is 8.06. The molecule has 3 nitrogen and oxygen atoms in total. The van der Waals surface area contributed by atoms with Gasteiger partial charge in [-0.05, 0) is 35.2 Å². The van der Waals surface area contributed by atoms with Crippen LogP contribution >= 0.6 is 0 Å². The van der Waals surface area contributed by atoms with Crippen molar-refractivity contribution in [2.24, 2.45) is 29.1 Å². The lowest BCUT2D eigenvalue weighted by molar-refractivity contribution is -0.140. The van der Waals surface area contributed by atoms with E-state index in [1.54, 1.807) is 0 Å². The number of methoxy groups -OCH3 is 1. The molecule has 0 N–H and O–H groups in total. The topological polar surface area (TPSA) is 35.5 Å². The summed E-state index contributed by atoms with van der Waals surface area (Å²) in [4.78, 5) is 11.8. The van der Waals surface area contributed by atoms with Gasteiger partial charge in [-0.3, -0.25) is 4.79 Å². The van der Waals surface area contributed by atoms with Crippen LogP contribution in [0.4, 0.5) is 0 Å². The number of carbonyl (C=O) groups excluding carboxylic acids is 1. The molecule has 1 heterocycles. The van der Waals surface area contributed by atoms with E-state index in [0.717, 1.165) is 12.5 Å². The largest absolute Gasteiger partial charge is 0.501 e. The Labute approximate surface area is 141 Å². The maximum absolute atomic E-state index is 11.8. The fourth-order valence-electron chi connectivity index (χ4n) is 4.62.